The number of anilines is 1. The van der Waals surface area contributed by atoms with Crippen LogP contribution in [0.2, 0.25) is 0 Å². The number of benzene rings is 2. The third-order valence-electron chi connectivity index (χ3n) is 3.64. The maximum atomic E-state index is 5.26. The molecule has 2 N–H and O–H groups in total. The zero-order chi connectivity index (χ0) is 17.5. The number of methoxy groups -OCH3 is 2. The molecule has 0 spiro atoms. The van der Waals surface area contributed by atoms with Gasteiger partial charge < -0.3 is 14.8 Å². The summed E-state index contributed by atoms with van der Waals surface area (Å²) in [6, 6.07) is 11.6. The Bertz CT molecular complexity index is 760. The molecule has 6 heteroatoms. The van der Waals surface area contributed by atoms with E-state index in [0.717, 1.165) is 16.8 Å². The Morgan fingerprint density at radius 2 is 1.83 bits per heavy atom. The first-order valence-electron chi connectivity index (χ1n) is 7.43. The summed E-state index contributed by atoms with van der Waals surface area (Å²) in [6.07, 6.45) is 1.67. The lowest BCUT2D eigenvalue weighted by molar-refractivity contribution is 0.355. The van der Waals surface area contributed by atoms with Crippen molar-refractivity contribution in [3.63, 3.8) is 0 Å². The second-order valence-electron chi connectivity index (χ2n) is 5.19. The van der Waals surface area contributed by atoms with Crippen LogP contribution in [-0.2, 0) is 0 Å². The molecule has 0 saturated carbocycles. The summed E-state index contributed by atoms with van der Waals surface area (Å²) in [5, 5.41) is 7.72. The number of rotatable bonds is 5. The first kappa shape index (κ1) is 17.7. The van der Waals surface area contributed by atoms with Gasteiger partial charge in [0.25, 0.3) is 0 Å². The number of hydrazone groups is 1. The van der Waals surface area contributed by atoms with Gasteiger partial charge in [-0.05, 0) is 67.0 Å². The first-order chi connectivity index (χ1) is 11.5. The van der Waals surface area contributed by atoms with Gasteiger partial charge in [0.05, 0.1) is 20.4 Å². The van der Waals surface area contributed by atoms with E-state index in [-0.39, 0.29) is 0 Å². The fraction of sp³-hybridized carbons (Fsp3) is 0.222. The van der Waals surface area contributed by atoms with Crippen LogP contribution >= 0.6 is 12.2 Å². The predicted octanol–water partition coefficient (Wildman–Crippen LogP) is 3.64. The standard InChI is InChI=1S/C18H21N3O2S/c1-12-6-5-7-15(13(12)2)20-18(24)21-19-11-14-8-9-16(22-3)17(10-14)23-4/h5-11H,1-4H3,(H2,20,21,24). The van der Waals surface area contributed by atoms with E-state index in [2.05, 4.69) is 28.8 Å². The molecule has 0 aromatic heterocycles. The Labute approximate surface area is 147 Å². The van der Waals surface area contributed by atoms with Crippen molar-refractivity contribution in [2.24, 2.45) is 5.10 Å². The summed E-state index contributed by atoms with van der Waals surface area (Å²) in [7, 11) is 3.20. The third kappa shape index (κ3) is 4.45. The summed E-state index contributed by atoms with van der Waals surface area (Å²) < 4.78 is 10.5. The zero-order valence-electron chi connectivity index (χ0n) is 14.2. The highest BCUT2D eigenvalue weighted by Crippen LogP contribution is 2.26. The van der Waals surface area contributed by atoms with Gasteiger partial charge in [-0.2, -0.15) is 5.10 Å². The van der Waals surface area contributed by atoms with Crippen LogP contribution in [0.5, 0.6) is 11.5 Å². The van der Waals surface area contributed by atoms with E-state index >= 15 is 0 Å². The lowest BCUT2D eigenvalue weighted by Crippen LogP contribution is -2.24. The summed E-state index contributed by atoms with van der Waals surface area (Å²) in [6.45, 7) is 4.11. The number of hydrogen-bond donors (Lipinski definition) is 2. The maximum absolute atomic E-state index is 5.26. The molecule has 0 atom stereocenters. The van der Waals surface area contributed by atoms with Gasteiger partial charge in [-0.25, -0.2) is 0 Å². The molecule has 126 valence electrons. The molecule has 0 aliphatic heterocycles. The van der Waals surface area contributed by atoms with Crippen molar-refractivity contribution in [3.05, 3.63) is 53.1 Å². The molecule has 0 saturated heterocycles. The second kappa shape index (κ2) is 8.31. The largest absolute Gasteiger partial charge is 0.493 e. The summed E-state index contributed by atoms with van der Waals surface area (Å²) >= 11 is 5.26. The van der Waals surface area contributed by atoms with Gasteiger partial charge in [-0.1, -0.05) is 12.1 Å². The van der Waals surface area contributed by atoms with Crippen molar-refractivity contribution in [1.29, 1.82) is 0 Å². The Hall–Kier alpha value is -2.60. The minimum Gasteiger partial charge on any atom is -0.493 e. The Morgan fingerprint density at radius 1 is 1.08 bits per heavy atom. The number of thiocarbonyl (C=S) groups is 1. The van der Waals surface area contributed by atoms with Gasteiger partial charge in [0.15, 0.2) is 16.6 Å². The normalized spacial score (nSPS) is 10.5. The minimum atomic E-state index is 0.431. The number of ether oxygens (including phenoxy) is 2. The number of hydrogen-bond acceptors (Lipinski definition) is 4. The van der Waals surface area contributed by atoms with Crippen LogP contribution in [0.1, 0.15) is 16.7 Å². The van der Waals surface area contributed by atoms with Crippen molar-refractivity contribution < 1.29 is 9.47 Å². The first-order valence-corrected chi connectivity index (χ1v) is 7.84. The molecule has 2 rings (SSSR count). The lowest BCUT2D eigenvalue weighted by atomic mass is 10.1. The fourth-order valence-corrected chi connectivity index (χ4v) is 2.30. The molecular weight excluding hydrogens is 322 g/mol. The molecule has 0 unspecified atom stereocenters. The predicted molar refractivity (Wildman–Crippen MR) is 102 cm³/mol. The SMILES string of the molecule is COc1ccc(C=NNC(=S)Nc2cccc(C)c2C)cc1OC. The van der Waals surface area contributed by atoms with Gasteiger partial charge in [-0.15, -0.1) is 0 Å². The van der Waals surface area contributed by atoms with Gasteiger partial charge in [0, 0.05) is 5.69 Å². The smallest absolute Gasteiger partial charge is 0.191 e. The van der Waals surface area contributed by atoms with Crippen molar-refractivity contribution >= 4 is 29.2 Å². The van der Waals surface area contributed by atoms with Gasteiger partial charge in [0.2, 0.25) is 0 Å². The van der Waals surface area contributed by atoms with E-state index in [0.29, 0.717) is 16.6 Å². The highest BCUT2D eigenvalue weighted by Gasteiger charge is 2.04. The maximum Gasteiger partial charge on any atom is 0.191 e. The van der Waals surface area contributed by atoms with Crippen LogP contribution in [0.15, 0.2) is 41.5 Å². The van der Waals surface area contributed by atoms with E-state index in [9.17, 15) is 0 Å². The monoisotopic (exact) mass is 343 g/mol. The molecule has 0 fully saturated rings. The minimum absolute atomic E-state index is 0.431. The fourth-order valence-electron chi connectivity index (χ4n) is 2.14. The molecule has 5 nitrogen and oxygen atoms in total. The Balaban J connectivity index is 1.98. The van der Waals surface area contributed by atoms with Crippen molar-refractivity contribution in [1.82, 2.24) is 5.43 Å². The second-order valence-corrected chi connectivity index (χ2v) is 5.59. The molecule has 0 amide bonds. The zero-order valence-corrected chi connectivity index (χ0v) is 15.0. The average molecular weight is 343 g/mol. The van der Waals surface area contributed by atoms with E-state index in [1.807, 2.05) is 37.3 Å². The van der Waals surface area contributed by atoms with Crippen LogP contribution in [-0.4, -0.2) is 25.5 Å². The van der Waals surface area contributed by atoms with Crippen molar-refractivity contribution in [3.8, 4) is 11.5 Å². The molecule has 24 heavy (non-hydrogen) atoms. The number of nitrogens with zero attached hydrogens (tertiary/aromatic N) is 1. The molecule has 0 aliphatic carbocycles. The highest BCUT2D eigenvalue weighted by atomic mass is 32.1. The summed E-state index contributed by atoms with van der Waals surface area (Å²) in [5.74, 6) is 1.33. The summed E-state index contributed by atoms with van der Waals surface area (Å²) in [4.78, 5) is 0. The van der Waals surface area contributed by atoms with E-state index in [1.165, 1.54) is 5.56 Å². The van der Waals surface area contributed by atoms with E-state index in [4.69, 9.17) is 21.7 Å². The summed E-state index contributed by atoms with van der Waals surface area (Å²) in [5.41, 5.74) is 7.01. The van der Waals surface area contributed by atoms with Gasteiger partial charge in [0.1, 0.15) is 0 Å². The van der Waals surface area contributed by atoms with E-state index in [1.54, 1.807) is 20.4 Å². The average Bonchev–Trinajstić information content (AvgIpc) is 2.58. The number of nitrogens with one attached hydrogen (secondary N) is 2. The molecular formula is C18H21N3O2S. The Morgan fingerprint density at radius 3 is 2.54 bits per heavy atom. The van der Waals surface area contributed by atoms with Crippen molar-refractivity contribution in [2.75, 3.05) is 19.5 Å². The Kier molecular flexibility index (Phi) is 6.14. The van der Waals surface area contributed by atoms with Crippen LogP contribution in [0, 0.1) is 13.8 Å². The van der Waals surface area contributed by atoms with Crippen molar-refractivity contribution in [2.45, 2.75) is 13.8 Å². The number of aryl methyl sites for hydroxylation is 1. The lowest BCUT2D eigenvalue weighted by Gasteiger charge is -2.11. The van der Waals surface area contributed by atoms with Crippen LogP contribution < -0.4 is 20.2 Å². The molecule has 0 heterocycles. The third-order valence-corrected chi connectivity index (χ3v) is 3.83. The molecule has 2 aromatic rings. The van der Waals surface area contributed by atoms with Gasteiger partial charge >= 0.3 is 0 Å². The van der Waals surface area contributed by atoms with Gasteiger partial charge in [-0.3, -0.25) is 5.43 Å². The van der Waals surface area contributed by atoms with E-state index < -0.39 is 0 Å². The highest BCUT2D eigenvalue weighted by molar-refractivity contribution is 7.80. The topological polar surface area (TPSA) is 54.9 Å². The van der Waals surface area contributed by atoms with Crippen LogP contribution in [0.3, 0.4) is 0 Å². The molecule has 0 radical (unpaired) electrons. The molecule has 0 bridgehead atoms. The molecule has 2 aromatic carbocycles. The quantitative estimate of drug-likeness (QED) is 0.493. The van der Waals surface area contributed by atoms with Crippen LogP contribution in [0.4, 0.5) is 5.69 Å². The van der Waals surface area contributed by atoms with Crippen LogP contribution in [0.25, 0.3) is 0 Å². The molecule has 0 aliphatic rings.